The Kier molecular flexibility index (Phi) is 17.1. The summed E-state index contributed by atoms with van der Waals surface area (Å²) in [5.41, 5.74) is -1.24. The van der Waals surface area contributed by atoms with Crippen LogP contribution in [0, 0.1) is 5.41 Å². The molecule has 0 radical (unpaired) electrons. The van der Waals surface area contributed by atoms with E-state index >= 15 is 0 Å². The predicted octanol–water partition coefficient (Wildman–Crippen LogP) is 9.33. The molecule has 1 aliphatic heterocycles. The van der Waals surface area contributed by atoms with Crippen LogP contribution in [0.25, 0.3) is 5.57 Å². The second-order valence-electron chi connectivity index (χ2n) is 18.1. The zero-order valence-electron chi connectivity index (χ0n) is 37.9. The molecule has 0 spiro atoms. The number of nitrogens with one attached hydrogen (secondary N) is 2. The Labute approximate surface area is 401 Å². The van der Waals surface area contributed by atoms with Crippen LogP contribution in [0.2, 0.25) is 5.02 Å². The van der Waals surface area contributed by atoms with Crippen LogP contribution in [0.4, 0.5) is 24.5 Å². The molecule has 0 aromatic heterocycles. The van der Waals surface area contributed by atoms with Crippen molar-refractivity contribution in [3.05, 3.63) is 119 Å². The molecule has 1 unspecified atom stereocenters. The summed E-state index contributed by atoms with van der Waals surface area (Å²) >= 11 is 7.56. The van der Waals surface area contributed by atoms with Crippen molar-refractivity contribution >= 4 is 73.4 Å². The van der Waals surface area contributed by atoms with Gasteiger partial charge in [-0.2, -0.15) is 13.2 Å². The van der Waals surface area contributed by atoms with E-state index in [1.807, 2.05) is 47.2 Å². The first-order chi connectivity index (χ1) is 31.4. The summed E-state index contributed by atoms with van der Waals surface area (Å²) in [4.78, 5) is 28.2. The first kappa shape index (κ1) is 52.5. The molecule has 2 atom stereocenters. The Hall–Kier alpha value is -3.87. The zero-order chi connectivity index (χ0) is 48.8. The summed E-state index contributed by atoms with van der Waals surface area (Å²) < 4.78 is 110. The molecule has 12 nitrogen and oxygen atoms in total. The summed E-state index contributed by atoms with van der Waals surface area (Å²) in [6, 6.07) is 25.1. The van der Waals surface area contributed by atoms with Crippen molar-refractivity contribution < 1.29 is 44.3 Å². The summed E-state index contributed by atoms with van der Waals surface area (Å²) in [6.45, 7) is 10.4. The van der Waals surface area contributed by atoms with Gasteiger partial charge in [0.25, 0.3) is 25.8 Å². The Morgan fingerprint density at radius 1 is 0.940 bits per heavy atom. The summed E-state index contributed by atoms with van der Waals surface area (Å²) in [6.07, 6.45) is 3.42. The molecule has 0 bridgehead atoms. The first-order valence-electron chi connectivity index (χ1n) is 21.9. The minimum Gasteiger partial charge on any atom is -0.380 e. The number of sulfone groups is 1. The van der Waals surface area contributed by atoms with Gasteiger partial charge in [0, 0.05) is 85.1 Å². The van der Waals surface area contributed by atoms with Crippen LogP contribution in [0.3, 0.4) is 0 Å². The van der Waals surface area contributed by atoms with Gasteiger partial charge >= 0.3 is 5.51 Å². The van der Waals surface area contributed by atoms with Gasteiger partial charge in [-0.1, -0.05) is 61.4 Å². The number of rotatable bonds is 19. The number of nitrogens with zero attached hydrogens (tertiary/aromatic N) is 3. The second-order valence-corrected chi connectivity index (χ2v) is 25.8. The van der Waals surface area contributed by atoms with E-state index in [0.717, 1.165) is 74.7 Å². The van der Waals surface area contributed by atoms with Gasteiger partial charge in [0.2, 0.25) is 0 Å². The highest BCUT2D eigenvalue weighted by atomic mass is 35.5. The SMILES string of the molecule is CN(CC[C@H](CSc1ccccc1)Nc1ccc(S(=O)(=O)NC(=O)c2ccc(N3CCN(CC4=C(c5ccc(Cl)cc5)CCC(C)(C)C4)CC3)cc2)cc1S(=O)(=O)C(F)(F)F)CCP(C)(=O)O. The monoisotopic (exact) mass is 1020 g/mol. The van der Waals surface area contributed by atoms with Gasteiger partial charge in [0.1, 0.15) is 4.90 Å². The second kappa shape index (κ2) is 21.8. The number of carbonyl (C=O) groups excluding carboxylic acids is 1. The van der Waals surface area contributed by atoms with Crippen LogP contribution in [0.1, 0.15) is 55.5 Å². The van der Waals surface area contributed by atoms with Crippen LogP contribution in [-0.4, -0.2) is 120 Å². The number of hydrogen-bond donors (Lipinski definition) is 3. The number of amides is 1. The van der Waals surface area contributed by atoms with Crippen LogP contribution >= 0.6 is 30.7 Å². The lowest BCUT2D eigenvalue weighted by Crippen LogP contribution is -2.47. The Morgan fingerprint density at radius 3 is 2.22 bits per heavy atom. The molecule has 1 fully saturated rings. The van der Waals surface area contributed by atoms with Crippen molar-refractivity contribution in [2.24, 2.45) is 5.41 Å². The van der Waals surface area contributed by atoms with Gasteiger partial charge in [-0.15, -0.1) is 11.8 Å². The topological polar surface area (TPSA) is 156 Å². The molecule has 1 amide bonds. The molecule has 364 valence electrons. The normalized spacial score (nSPS) is 17.6. The minimum absolute atomic E-state index is 0.0239. The maximum Gasteiger partial charge on any atom is 0.501 e. The van der Waals surface area contributed by atoms with E-state index in [4.69, 9.17) is 11.6 Å². The summed E-state index contributed by atoms with van der Waals surface area (Å²) in [5.74, 6) is -0.786. The van der Waals surface area contributed by atoms with Crippen LogP contribution in [0.15, 0.2) is 117 Å². The fraction of sp³-hybridized carbons (Fsp3) is 0.426. The molecule has 1 heterocycles. The number of hydrogen-bond acceptors (Lipinski definition) is 11. The standard InChI is InChI=1S/C47H58ClF3N5O7PS3/c1-46(2)22-20-42(34-10-14-37(48)15-11-34)36(31-46)32-55-24-26-56(27-25-55)39-16-12-35(13-17-39)45(57)53-67(62,63)41-18-19-43(44(30-41)66(60,61)47(49,50)51)52-38(33-65-40-8-6-5-7-9-40)21-23-54(3)28-29-64(4,58)59/h5-19,30,38,52H,20-29,31-33H2,1-4H3,(H,53,57)(H,58,59)/t38-/m1/s1. The van der Waals surface area contributed by atoms with Crippen molar-refractivity contribution in [1.29, 1.82) is 0 Å². The third-order valence-electron chi connectivity index (χ3n) is 12.0. The lowest BCUT2D eigenvalue weighted by Gasteiger charge is -2.39. The van der Waals surface area contributed by atoms with Crippen molar-refractivity contribution in [1.82, 2.24) is 14.5 Å². The highest BCUT2D eigenvalue weighted by Crippen LogP contribution is 2.43. The molecule has 3 N–H and O–H groups in total. The van der Waals surface area contributed by atoms with E-state index in [2.05, 4.69) is 41.1 Å². The van der Waals surface area contributed by atoms with E-state index in [1.54, 1.807) is 24.1 Å². The fourth-order valence-electron chi connectivity index (χ4n) is 8.17. The maximum atomic E-state index is 14.2. The molecular weight excluding hydrogens is 966 g/mol. The molecule has 20 heteroatoms. The zero-order valence-corrected chi connectivity index (χ0v) is 42.0. The van der Waals surface area contributed by atoms with E-state index in [0.29, 0.717) is 17.6 Å². The first-order valence-corrected chi connectivity index (χ1v) is 28.5. The van der Waals surface area contributed by atoms with Crippen molar-refractivity contribution in [3.8, 4) is 0 Å². The Bertz CT molecular complexity index is 2660. The van der Waals surface area contributed by atoms with Crippen LogP contribution in [0.5, 0.6) is 0 Å². The van der Waals surface area contributed by atoms with E-state index in [9.17, 15) is 44.3 Å². The molecule has 4 aromatic rings. The number of allylic oxidation sites excluding steroid dienone is 1. The molecule has 67 heavy (non-hydrogen) atoms. The number of piperazine rings is 1. The lowest BCUT2D eigenvalue weighted by molar-refractivity contribution is -0.0435. The van der Waals surface area contributed by atoms with E-state index in [1.165, 1.54) is 47.3 Å². The van der Waals surface area contributed by atoms with Gasteiger partial charge in [-0.05, 0) is 123 Å². The quantitative estimate of drug-likeness (QED) is 0.0606. The molecule has 1 saturated heterocycles. The number of thioether (sulfide) groups is 1. The average Bonchev–Trinajstić information content (AvgIpc) is 3.26. The number of benzene rings is 4. The average molecular weight is 1020 g/mol. The van der Waals surface area contributed by atoms with Gasteiger partial charge < -0.3 is 20.0 Å². The maximum absolute atomic E-state index is 14.2. The molecule has 4 aromatic carbocycles. The fourth-order valence-corrected chi connectivity index (χ4v) is 12.0. The smallest absolute Gasteiger partial charge is 0.380 e. The van der Waals surface area contributed by atoms with Gasteiger partial charge in [0.15, 0.2) is 7.37 Å². The van der Waals surface area contributed by atoms with E-state index in [-0.39, 0.29) is 35.9 Å². The van der Waals surface area contributed by atoms with Crippen LogP contribution in [-0.2, 0) is 24.4 Å². The molecule has 6 rings (SSSR count). The third-order valence-corrected chi connectivity index (χ3v) is 17.4. The summed E-state index contributed by atoms with van der Waals surface area (Å²) in [7, 11) is -12.6. The number of anilines is 2. The van der Waals surface area contributed by atoms with Gasteiger partial charge in [-0.25, -0.2) is 21.6 Å². The number of sulfonamides is 1. The minimum atomic E-state index is -6.12. The van der Waals surface area contributed by atoms with Crippen LogP contribution < -0.4 is 14.9 Å². The number of alkyl halides is 3. The Balaban J connectivity index is 1.13. The number of carbonyl (C=O) groups is 1. The van der Waals surface area contributed by atoms with Crippen molar-refractivity contribution in [3.63, 3.8) is 0 Å². The predicted molar refractivity (Wildman–Crippen MR) is 263 cm³/mol. The van der Waals surface area contributed by atoms with Crippen molar-refractivity contribution in [2.75, 3.05) is 81.7 Å². The van der Waals surface area contributed by atoms with Gasteiger partial charge in [0.05, 0.1) is 10.6 Å². The van der Waals surface area contributed by atoms with Gasteiger partial charge in [-0.3, -0.25) is 14.3 Å². The Morgan fingerprint density at radius 2 is 1.60 bits per heavy atom. The van der Waals surface area contributed by atoms with E-state index < -0.39 is 60.2 Å². The molecular formula is C47H58ClF3N5O7PS3. The third kappa shape index (κ3) is 14.6. The highest BCUT2D eigenvalue weighted by Gasteiger charge is 2.48. The number of halogens is 4. The summed E-state index contributed by atoms with van der Waals surface area (Å²) in [5, 5.41) is 3.61. The van der Waals surface area contributed by atoms with Crippen molar-refractivity contribution in [2.45, 2.75) is 65.8 Å². The molecule has 1 aliphatic carbocycles. The highest BCUT2D eigenvalue weighted by molar-refractivity contribution is 7.99. The lowest BCUT2D eigenvalue weighted by atomic mass is 9.73. The molecule has 2 aliphatic rings. The largest absolute Gasteiger partial charge is 0.501 e. The molecule has 0 saturated carbocycles.